The summed E-state index contributed by atoms with van der Waals surface area (Å²) in [6.45, 7) is 2.07. The molecule has 4 rings (SSSR count). The van der Waals surface area contributed by atoms with Crippen LogP contribution in [-0.4, -0.2) is 21.0 Å². The molecule has 0 saturated heterocycles. The Morgan fingerprint density at radius 1 is 1.00 bits per heavy atom. The summed E-state index contributed by atoms with van der Waals surface area (Å²) in [6.07, 6.45) is 6.65. The normalized spacial score (nSPS) is 14.3. The summed E-state index contributed by atoms with van der Waals surface area (Å²) in [5.74, 6) is 1.39. The SMILES string of the molecule is Cc1ccc(Nc2cc(-c3ccccn3)nc(NC3CCCC3)n2)c(Br)c1. The number of anilines is 3. The van der Waals surface area contributed by atoms with Gasteiger partial charge in [-0.05, 0) is 65.5 Å². The molecule has 27 heavy (non-hydrogen) atoms. The predicted molar refractivity (Wildman–Crippen MR) is 113 cm³/mol. The second-order valence-electron chi connectivity index (χ2n) is 6.91. The van der Waals surface area contributed by atoms with E-state index in [1.165, 1.54) is 31.2 Å². The average molecular weight is 424 g/mol. The Morgan fingerprint density at radius 3 is 2.59 bits per heavy atom. The van der Waals surface area contributed by atoms with Crippen LogP contribution in [0.25, 0.3) is 11.4 Å². The number of aryl methyl sites for hydroxylation is 1. The van der Waals surface area contributed by atoms with Crippen LogP contribution < -0.4 is 10.6 Å². The number of nitrogens with zero attached hydrogens (tertiary/aromatic N) is 3. The minimum atomic E-state index is 0.447. The summed E-state index contributed by atoms with van der Waals surface area (Å²) < 4.78 is 1.01. The lowest BCUT2D eigenvalue weighted by Gasteiger charge is -2.15. The van der Waals surface area contributed by atoms with E-state index in [4.69, 9.17) is 9.97 Å². The van der Waals surface area contributed by atoms with Crippen LogP contribution in [0.3, 0.4) is 0 Å². The molecule has 0 atom stereocenters. The molecule has 1 aromatic carbocycles. The van der Waals surface area contributed by atoms with Crippen LogP contribution in [0.5, 0.6) is 0 Å². The Bertz CT molecular complexity index is 923. The second kappa shape index (κ2) is 8.05. The van der Waals surface area contributed by atoms with Gasteiger partial charge in [0, 0.05) is 22.8 Å². The van der Waals surface area contributed by atoms with E-state index >= 15 is 0 Å². The first kappa shape index (κ1) is 17.9. The third-order valence-electron chi connectivity index (χ3n) is 4.73. The lowest BCUT2D eigenvalue weighted by atomic mass is 10.2. The fraction of sp³-hybridized carbons (Fsp3) is 0.286. The Morgan fingerprint density at radius 2 is 1.85 bits per heavy atom. The van der Waals surface area contributed by atoms with Gasteiger partial charge >= 0.3 is 0 Å². The highest BCUT2D eigenvalue weighted by Gasteiger charge is 2.17. The minimum absolute atomic E-state index is 0.447. The van der Waals surface area contributed by atoms with Crippen LogP contribution >= 0.6 is 15.9 Å². The summed E-state index contributed by atoms with van der Waals surface area (Å²) >= 11 is 3.62. The number of hydrogen-bond donors (Lipinski definition) is 2. The Balaban J connectivity index is 1.68. The molecule has 2 N–H and O–H groups in total. The van der Waals surface area contributed by atoms with Gasteiger partial charge in [-0.25, -0.2) is 4.98 Å². The van der Waals surface area contributed by atoms with E-state index in [1.807, 2.05) is 30.3 Å². The lowest BCUT2D eigenvalue weighted by Crippen LogP contribution is -2.17. The van der Waals surface area contributed by atoms with E-state index in [0.29, 0.717) is 12.0 Å². The molecule has 2 heterocycles. The summed E-state index contributed by atoms with van der Waals surface area (Å²) in [5, 5.41) is 6.91. The van der Waals surface area contributed by atoms with Crippen molar-refractivity contribution in [3.05, 3.63) is 58.7 Å². The molecule has 3 aromatic rings. The number of aromatic nitrogens is 3. The molecule has 1 aliphatic rings. The third kappa shape index (κ3) is 4.45. The number of pyridine rings is 1. The van der Waals surface area contributed by atoms with Gasteiger partial charge in [0.1, 0.15) is 5.82 Å². The molecule has 0 unspecified atom stereocenters. The van der Waals surface area contributed by atoms with Crippen LogP contribution in [-0.2, 0) is 0 Å². The van der Waals surface area contributed by atoms with Gasteiger partial charge in [0.05, 0.1) is 17.1 Å². The van der Waals surface area contributed by atoms with E-state index in [9.17, 15) is 0 Å². The van der Waals surface area contributed by atoms with Gasteiger partial charge in [-0.1, -0.05) is 25.0 Å². The maximum absolute atomic E-state index is 4.71. The van der Waals surface area contributed by atoms with Crippen LogP contribution in [0.15, 0.2) is 53.1 Å². The van der Waals surface area contributed by atoms with Crippen molar-refractivity contribution in [1.82, 2.24) is 15.0 Å². The number of nitrogens with one attached hydrogen (secondary N) is 2. The molecular formula is C21H22BrN5. The first-order chi connectivity index (χ1) is 13.2. The van der Waals surface area contributed by atoms with E-state index in [2.05, 4.69) is 50.6 Å². The smallest absolute Gasteiger partial charge is 0.225 e. The molecule has 1 fully saturated rings. The van der Waals surface area contributed by atoms with Gasteiger partial charge < -0.3 is 10.6 Å². The van der Waals surface area contributed by atoms with Crippen LogP contribution in [0.4, 0.5) is 17.5 Å². The quantitative estimate of drug-likeness (QED) is 0.550. The molecule has 5 nitrogen and oxygen atoms in total. The Labute approximate surface area is 167 Å². The number of hydrogen-bond acceptors (Lipinski definition) is 5. The van der Waals surface area contributed by atoms with Gasteiger partial charge in [-0.2, -0.15) is 4.98 Å². The molecule has 1 saturated carbocycles. The average Bonchev–Trinajstić information content (AvgIpc) is 3.18. The fourth-order valence-corrected chi connectivity index (χ4v) is 3.93. The van der Waals surface area contributed by atoms with Gasteiger partial charge in [-0.15, -0.1) is 0 Å². The van der Waals surface area contributed by atoms with Crippen molar-refractivity contribution >= 4 is 33.4 Å². The fourth-order valence-electron chi connectivity index (χ4n) is 3.33. The summed E-state index contributed by atoms with van der Waals surface area (Å²) in [7, 11) is 0. The molecule has 138 valence electrons. The third-order valence-corrected chi connectivity index (χ3v) is 5.39. The van der Waals surface area contributed by atoms with Crippen LogP contribution in [0.2, 0.25) is 0 Å². The number of halogens is 1. The standard InChI is InChI=1S/C21H22BrN5/c1-14-9-10-17(16(22)12-14)25-20-13-19(18-8-4-5-11-23-18)26-21(27-20)24-15-6-2-3-7-15/h4-5,8-13,15H,2-3,6-7H2,1H3,(H2,24,25,26,27). The highest BCUT2D eigenvalue weighted by molar-refractivity contribution is 9.10. The van der Waals surface area contributed by atoms with Gasteiger partial charge in [0.2, 0.25) is 5.95 Å². The molecule has 0 aliphatic heterocycles. The molecular weight excluding hydrogens is 402 g/mol. The first-order valence-corrected chi connectivity index (χ1v) is 10.1. The highest BCUT2D eigenvalue weighted by Crippen LogP contribution is 2.29. The molecule has 1 aliphatic carbocycles. The topological polar surface area (TPSA) is 62.7 Å². The van der Waals surface area contributed by atoms with Crippen molar-refractivity contribution < 1.29 is 0 Å². The van der Waals surface area contributed by atoms with Crippen molar-refractivity contribution in [3.63, 3.8) is 0 Å². The second-order valence-corrected chi connectivity index (χ2v) is 7.77. The molecule has 0 amide bonds. The van der Waals surface area contributed by atoms with E-state index in [0.717, 1.165) is 27.4 Å². The van der Waals surface area contributed by atoms with Crippen molar-refractivity contribution in [2.24, 2.45) is 0 Å². The Kier molecular flexibility index (Phi) is 5.34. The van der Waals surface area contributed by atoms with Crippen molar-refractivity contribution in [2.75, 3.05) is 10.6 Å². The highest BCUT2D eigenvalue weighted by atomic mass is 79.9. The first-order valence-electron chi connectivity index (χ1n) is 9.27. The predicted octanol–water partition coefficient (Wildman–Crippen LogP) is 5.71. The summed E-state index contributed by atoms with van der Waals surface area (Å²) in [6, 6.07) is 14.4. The monoisotopic (exact) mass is 423 g/mol. The van der Waals surface area contributed by atoms with Crippen LogP contribution in [0.1, 0.15) is 31.2 Å². The van der Waals surface area contributed by atoms with Crippen molar-refractivity contribution in [1.29, 1.82) is 0 Å². The summed E-state index contributed by atoms with van der Waals surface area (Å²) in [5.41, 5.74) is 3.81. The zero-order valence-corrected chi connectivity index (χ0v) is 16.8. The molecule has 0 spiro atoms. The number of benzene rings is 1. The van der Waals surface area contributed by atoms with Gasteiger partial charge in [0.15, 0.2) is 0 Å². The maximum Gasteiger partial charge on any atom is 0.225 e. The molecule has 6 heteroatoms. The van der Waals surface area contributed by atoms with Crippen molar-refractivity contribution in [2.45, 2.75) is 38.6 Å². The molecule has 2 aromatic heterocycles. The van der Waals surface area contributed by atoms with Crippen LogP contribution in [0, 0.1) is 6.92 Å². The van der Waals surface area contributed by atoms with E-state index < -0.39 is 0 Å². The summed E-state index contributed by atoms with van der Waals surface area (Å²) in [4.78, 5) is 13.9. The molecule has 0 bridgehead atoms. The molecule has 0 radical (unpaired) electrons. The van der Waals surface area contributed by atoms with E-state index in [-0.39, 0.29) is 0 Å². The zero-order valence-electron chi connectivity index (χ0n) is 15.2. The van der Waals surface area contributed by atoms with Crippen molar-refractivity contribution in [3.8, 4) is 11.4 Å². The van der Waals surface area contributed by atoms with Gasteiger partial charge in [-0.3, -0.25) is 4.98 Å². The number of rotatable bonds is 5. The van der Waals surface area contributed by atoms with Gasteiger partial charge in [0.25, 0.3) is 0 Å². The Hall–Kier alpha value is -2.47. The lowest BCUT2D eigenvalue weighted by molar-refractivity contribution is 0.744. The maximum atomic E-state index is 4.71. The van der Waals surface area contributed by atoms with E-state index in [1.54, 1.807) is 6.20 Å². The zero-order chi connectivity index (χ0) is 18.6. The largest absolute Gasteiger partial charge is 0.351 e. The minimum Gasteiger partial charge on any atom is -0.351 e.